The summed E-state index contributed by atoms with van der Waals surface area (Å²) in [4.78, 5) is 32.2. The monoisotopic (exact) mass is 618 g/mol. The van der Waals surface area contributed by atoms with Crippen LogP contribution in [0.2, 0.25) is 0 Å². The first-order valence-corrected chi connectivity index (χ1v) is 16.1. The molecule has 7 rings (SSSR count). The molecule has 45 heavy (non-hydrogen) atoms. The van der Waals surface area contributed by atoms with Gasteiger partial charge >= 0.3 is 6.01 Å². The lowest BCUT2D eigenvalue weighted by molar-refractivity contribution is -0.125. The number of methoxy groups -OCH3 is 1. The van der Waals surface area contributed by atoms with Crippen LogP contribution in [0.4, 0.5) is 14.6 Å². The van der Waals surface area contributed by atoms with Crippen LogP contribution < -0.4 is 9.64 Å². The molecule has 0 bridgehead atoms. The molecule has 240 valence electrons. The molecule has 1 aromatic carbocycles. The summed E-state index contributed by atoms with van der Waals surface area (Å²) in [5.41, 5.74) is 4.47. The molecular weight excluding hydrogens is 574 g/mol. The molecule has 5 heterocycles. The minimum Gasteiger partial charge on any atom is -0.467 e. The summed E-state index contributed by atoms with van der Waals surface area (Å²) in [6, 6.07) is 8.10. The van der Waals surface area contributed by atoms with E-state index in [2.05, 4.69) is 33.3 Å². The van der Waals surface area contributed by atoms with E-state index in [1.54, 1.807) is 25.1 Å². The normalized spacial score (nSPS) is 25.1. The Labute approximate surface area is 264 Å². The lowest BCUT2D eigenvalue weighted by atomic mass is 9.92. The number of anilines is 1. The number of aromatic nitrogens is 3. The van der Waals surface area contributed by atoms with E-state index in [1.165, 1.54) is 18.9 Å². The highest BCUT2D eigenvalue weighted by atomic mass is 19.1. The summed E-state index contributed by atoms with van der Waals surface area (Å²) in [5, 5.41) is 0.800. The number of fused-ring (bicyclic) bond motifs is 2. The van der Waals surface area contributed by atoms with Crippen LogP contribution in [0.25, 0.3) is 22.2 Å². The second-order valence-corrected chi connectivity index (χ2v) is 13.2. The number of likely N-dealkylation sites (tertiary alicyclic amines) is 1. The molecule has 3 saturated heterocycles. The predicted molar refractivity (Wildman–Crippen MR) is 173 cm³/mol. The fraction of sp³-hybridized carbons (Fsp3) is 0.543. The number of halogens is 2. The van der Waals surface area contributed by atoms with Crippen LogP contribution in [0.15, 0.2) is 43.1 Å². The van der Waals surface area contributed by atoms with Crippen LogP contribution in [0.3, 0.4) is 0 Å². The number of pyridine rings is 1. The number of benzene rings is 1. The highest BCUT2D eigenvalue weighted by Crippen LogP contribution is 2.48. The average molecular weight is 619 g/mol. The third-order valence-electron chi connectivity index (χ3n) is 10.1. The van der Waals surface area contributed by atoms with E-state index < -0.39 is 12.3 Å². The van der Waals surface area contributed by atoms with Gasteiger partial charge in [-0.3, -0.25) is 14.7 Å². The lowest BCUT2D eigenvalue weighted by Gasteiger charge is -2.27. The Morgan fingerprint density at radius 2 is 2.02 bits per heavy atom. The number of carbonyl (C=O) groups is 1. The van der Waals surface area contributed by atoms with Gasteiger partial charge in [-0.05, 0) is 88.1 Å². The number of rotatable bonds is 7. The second kappa shape index (κ2) is 12.6. The SMILES string of the molecule is C=CC(=O)N1CCC(N(C)c2nc(OC)nc3cc(-c4cccc(C(C)F)c4C4CC4)ncc23)C1.CC12CCCN1CC(F)C2. The van der Waals surface area contributed by atoms with Crippen molar-refractivity contribution < 1.29 is 18.3 Å². The average Bonchev–Trinajstić information content (AvgIpc) is 3.54. The minimum absolute atomic E-state index is 0.0615. The number of nitrogens with zero attached hydrogens (tertiary/aromatic N) is 6. The molecule has 0 radical (unpaired) electrons. The maximum atomic E-state index is 14.4. The molecule has 4 atom stereocenters. The third-order valence-corrected chi connectivity index (χ3v) is 10.1. The number of hydrogen-bond acceptors (Lipinski definition) is 7. The van der Waals surface area contributed by atoms with E-state index in [0.29, 0.717) is 36.9 Å². The van der Waals surface area contributed by atoms with E-state index >= 15 is 0 Å². The van der Waals surface area contributed by atoms with Gasteiger partial charge in [-0.15, -0.1) is 0 Å². The molecule has 3 aliphatic heterocycles. The van der Waals surface area contributed by atoms with Crippen molar-refractivity contribution in [3.8, 4) is 17.3 Å². The van der Waals surface area contributed by atoms with E-state index in [0.717, 1.165) is 60.0 Å². The van der Waals surface area contributed by atoms with Crippen LogP contribution >= 0.6 is 0 Å². The van der Waals surface area contributed by atoms with Crippen molar-refractivity contribution in [2.45, 2.75) is 82.2 Å². The van der Waals surface area contributed by atoms with Gasteiger partial charge in [0.2, 0.25) is 5.91 Å². The zero-order valence-corrected chi connectivity index (χ0v) is 26.8. The first kappa shape index (κ1) is 31.3. The molecule has 1 saturated carbocycles. The van der Waals surface area contributed by atoms with Crippen molar-refractivity contribution in [3.63, 3.8) is 0 Å². The summed E-state index contributed by atoms with van der Waals surface area (Å²) < 4.78 is 32.7. The van der Waals surface area contributed by atoms with Crippen molar-refractivity contribution in [3.05, 3.63) is 54.2 Å². The van der Waals surface area contributed by atoms with Crippen molar-refractivity contribution in [2.24, 2.45) is 0 Å². The van der Waals surface area contributed by atoms with Gasteiger partial charge in [0.15, 0.2) is 0 Å². The number of alkyl halides is 2. The van der Waals surface area contributed by atoms with E-state index in [1.807, 2.05) is 31.3 Å². The highest BCUT2D eigenvalue weighted by Gasteiger charge is 2.44. The Kier molecular flexibility index (Phi) is 8.78. The van der Waals surface area contributed by atoms with E-state index in [9.17, 15) is 13.6 Å². The van der Waals surface area contributed by atoms with Crippen LogP contribution in [-0.2, 0) is 4.79 Å². The molecule has 1 aliphatic carbocycles. The predicted octanol–water partition coefficient (Wildman–Crippen LogP) is 6.41. The molecule has 1 amide bonds. The summed E-state index contributed by atoms with van der Waals surface area (Å²) in [7, 11) is 3.52. The number of carbonyl (C=O) groups excluding carboxylic acids is 1. The van der Waals surface area contributed by atoms with Crippen molar-refractivity contribution in [1.82, 2.24) is 24.8 Å². The van der Waals surface area contributed by atoms with Gasteiger partial charge in [0, 0.05) is 50.0 Å². The number of hydrogen-bond donors (Lipinski definition) is 0. The van der Waals surface area contributed by atoms with Gasteiger partial charge in [0.1, 0.15) is 18.2 Å². The Balaban J connectivity index is 0.000000301. The third kappa shape index (κ3) is 6.26. The smallest absolute Gasteiger partial charge is 0.318 e. The molecule has 2 aromatic heterocycles. The van der Waals surface area contributed by atoms with Crippen LogP contribution in [0.5, 0.6) is 6.01 Å². The fourth-order valence-corrected chi connectivity index (χ4v) is 7.44. The lowest BCUT2D eigenvalue weighted by Crippen LogP contribution is -2.36. The molecule has 4 unspecified atom stereocenters. The summed E-state index contributed by atoms with van der Waals surface area (Å²) in [6.07, 6.45) is 7.77. The van der Waals surface area contributed by atoms with Crippen molar-refractivity contribution in [1.29, 1.82) is 0 Å². The maximum Gasteiger partial charge on any atom is 0.318 e. The zero-order valence-electron chi connectivity index (χ0n) is 26.8. The Morgan fingerprint density at radius 1 is 1.22 bits per heavy atom. The fourth-order valence-electron chi connectivity index (χ4n) is 7.44. The minimum atomic E-state index is -1.03. The van der Waals surface area contributed by atoms with Gasteiger partial charge in [-0.2, -0.15) is 9.97 Å². The van der Waals surface area contributed by atoms with E-state index in [-0.39, 0.29) is 23.5 Å². The Hall–Kier alpha value is -3.66. The molecule has 0 N–H and O–H groups in total. The summed E-state index contributed by atoms with van der Waals surface area (Å²) >= 11 is 0. The topological polar surface area (TPSA) is 74.7 Å². The molecule has 4 fully saturated rings. The van der Waals surface area contributed by atoms with Crippen molar-refractivity contribution >= 4 is 22.6 Å². The molecule has 0 spiro atoms. The number of likely N-dealkylation sites (N-methyl/N-ethyl adjacent to an activating group) is 1. The van der Waals surface area contributed by atoms with Crippen molar-refractivity contribution in [2.75, 3.05) is 45.2 Å². The first-order chi connectivity index (χ1) is 21.6. The van der Waals surface area contributed by atoms with E-state index in [4.69, 9.17) is 9.72 Å². The summed E-state index contributed by atoms with van der Waals surface area (Å²) in [6.45, 7) is 10.5. The van der Waals surface area contributed by atoms with Gasteiger partial charge in [0.25, 0.3) is 0 Å². The van der Waals surface area contributed by atoms with Gasteiger partial charge in [-0.1, -0.05) is 24.8 Å². The largest absolute Gasteiger partial charge is 0.467 e. The highest BCUT2D eigenvalue weighted by molar-refractivity contribution is 5.92. The van der Waals surface area contributed by atoms with Gasteiger partial charge < -0.3 is 14.5 Å². The van der Waals surface area contributed by atoms with Gasteiger partial charge in [0.05, 0.1) is 23.7 Å². The zero-order chi connectivity index (χ0) is 31.9. The quantitative estimate of drug-likeness (QED) is 0.283. The number of ether oxygens (including phenoxy) is 1. The molecule has 4 aliphatic rings. The first-order valence-electron chi connectivity index (χ1n) is 16.1. The molecule has 10 heteroatoms. The molecule has 8 nitrogen and oxygen atoms in total. The van der Waals surface area contributed by atoms with Crippen LogP contribution in [0.1, 0.15) is 75.6 Å². The van der Waals surface area contributed by atoms with Gasteiger partial charge in [-0.25, -0.2) is 8.78 Å². The standard InChI is InChI=1S/C27H30FN5O2.C8H14FN/c1-5-24(34)33-12-11-18(15-33)32(3)26-21-14-29-22(13-23(21)30-27(31-26)35-4)20-8-6-7-19(16(2)28)25(20)17-9-10-17;1-8-3-2-4-10(8)6-7(9)5-8/h5-8,13-14,16-18H,1,9-12,15H2,2-4H3;7H,2-6H2,1H3. The van der Waals surface area contributed by atoms with Crippen LogP contribution in [-0.4, -0.2) is 88.7 Å². The Bertz CT molecular complexity index is 1580. The summed E-state index contributed by atoms with van der Waals surface area (Å²) in [5.74, 6) is 1.02. The second-order valence-electron chi connectivity index (χ2n) is 13.2. The molecular formula is C35H44F2N6O2. The number of amides is 1. The van der Waals surface area contributed by atoms with Crippen LogP contribution in [0, 0.1) is 0 Å². The Morgan fingerprint density at radius 3 is 2.71 bits per heavy atom. The molecule has 3 aromatic rings. The maximum absolute atomic E-state index is 14.4.